The van der Waals surface area contributed by atoms with Crippen molar-refractivity contribution in [2.75, 3.05) is 0 Å². The first-order chi connectivity index (χ1) is 5.16. The summed E-state index contributed by atoms with van der Waals surface area (Å²) in [5.41, 5.74) is 0. The largest absolute Gasteiger partial charge is 0.381 e. The van der Waals surface area contributed by atoms with Gasteiger partial charge in [-0.05, 0) is 0 Å². The third-order valence-electron chi connectivity index (χ3n) is 1.46. The van der Waals surface area contributed by atoms with Gasteiger partial charge in [-0.15, -0.1) is 6.58 Å². The fourth-order valence-corrected chi connectivity index (χ4v) is 0.918. The summed E-state index contributed by atoms with van der Waals surface area (Å²) >= 11 is 5.69. The molecule has 60 valence electrons. The molecule has 1 rings (SSSR count). The van der Waals surface area contributed by atoms with Crippen molar-refractivity contribution >= 4 is 11.6 Å². The highest BCUT2D eigenvalue weighted by Crippen LogP contribution is 2.15. The van der Waals surface area contributed by atoms with Crippen molar-refractivity contribution in [2.45, 2.75) is 6.10 Å². The first-order valence-corrected chi connectivity index (χ1v) is 3.52. The third-order valence-corrected chi connectivity index (χ3v) is 1.81. The summed E-state index contributed by atoms with van der Waals surface area (Å²) in [6, 6.07) is 0. The fraction of sp³-hybridized carbons (Fsp3) is 0.286. The van der Waals surface area contributed by atoms with Crippen LogP contribution in [-0.4, -0.2) is 14.7 Å². The number of hydrogen-bond donors (Lipinski definition) is 1. The monoisotopic (exact) mass is 172 g/mol. The van der Waals surface area contributed by atoms with Crippen LogP contribution in [0, 0.1) is 0 Å². The molecule has 0 aromatic carbocycles. The third kappa shape index (κ3) is 1.44. The van der Waals surface area contributed by atoms with Crippen molar-refractivity contribution in [3.63, 3.8) is 0 Å². The van der Waals surface area contributed by atoms with Gasteiger partial charge in [0, 0.05) is 7.05 Å². The van der Waals surface area contributed by atoms with Crippen LogP contribution in [0.25, 0.3) is 0 Å². The van der Waals surface area contributed by atoms with Crippen molar-refractivity contribution in [3.8, 4) is 0 Å². The van der Waals surface area contributed by atoms with Gasteiger partial charge in [0.1, 0.15) is 17.1 Å². The first kappa shape index (κ1) is 8.30. The molecule has 0 saturated carbocycles. The van der Waals surface area contributed by atoms with Gasteiger partial charge in [0.05, 0.1) is 6.20 Å². The molecule has 1 aromatic rings. The highest BCUT2D eigenvalue weighted by molar-refractivity contribution is 6.29. The lowest BCUT2D eigenvalue weighted by atomic mass is 10.3. The van der Waals surface area contributed by atoms with Gasteiger partial charge >= 0.3 is 0 Å². The maximum absolute atomic E-state index is 9.26. The molecule has 0 radical (unpaired) electrons. The summed E-state index contributed by atoms with van der Waals surface area (Å²) in [4.78, 5) is 3.90. The van der Waals surface area contributed by atoms with E-state index in [9.17, 15) is 5.11 Å². The van der Waals surface area contributed by atoms with Crippen molar-refractivity contribution in [1.29, 1.82) is 0 Å². The zero-order chi connectivity index (χ0) is 8.43. The van der Waals surface area contributed by atoms with Gasteiger partial charge in [0.15, 0.2) is 0 Å². The Balaban J connectivity index is 3.03. The van der Waals surface area contributed by atoms with E-state index in [1.54, 1.807) is 11.6 Å². The van der Waals surface area contributed by atoms with E-state index < -0.39 is 6.10 Å². The molecule has 1 unspecified atom stereocenters. The number of halogens is 1. The Bertz CT molecular complexity index is 269. The molecular formula is C7H9ClN2O. The minimum atomic E-state index is -0.743. The second-order valence-electron chi connectivity index (χ2n) is 2.18. The summed E-state index contributed by atoms with van der Waals surface area (Å²) in [7, 11) is 1.73. The summed E-state index contributed by atoms with van der Waals surface area (Å²) in [6.07, 6.45) is 2.15. The molecule has 1 atom stereocenters. The molecule has 0 bridgehead atoms. The molecule has 0 amide bonds. The quantitative estimate of drug-likeness (QED) is 0.683. The lowest BCUT2D eigenvalue weighted by Gasteiger charge is -2.04. The Hall–Kier alpha value is -0.800. The van der Waals surface area contributed by atoms with E-state index in [1.807, 2.05) is 0 Å². The topological polar surface area (TPSA) is 38.1 Å². The van der Waals surface area contributed by atoms with Crippen LogP contribution in [0.2, 0.25) is 5.15 Å². The maximum atomic E-state index is 9.26. The van der Waals surface area contributed by atoms with Crippen LogP contribution >= 0.6 is 11.6 Å². The number of imidazole rings is 1. The highest BCUT2D eigenvalue weighted by atomic mass is 35.5. The van der Waals surface area contributed by atoms with Gasteiger partial charge in [-0.1, -0.05) is 17.7 Å². The van der Waals surface area contributed by atoms with E-state index in [-0.39, 0.29) is 0 Å². The van der Waals surface area contributed by atoms with Gasteiger partial charge in [-0.2, -0.15) is 0 Å². The molecule has 0 fully saturated rings. The lowest BCUT2D eigenvalue weighted by molar-refractivity contribution is 0.215. The van der Waals surface area contributed by atoms with Crippen LogP contribution in [-0.2, 0) is 7.05 Å². The second kappa shape index (κ2) is 3.07. The maximum Gasteiger partial charge on any atom is 0.142 e. The van der Waals surface area contributed by atoms with Crippen molar-refractivity contribution in [3.05, 3.63) is 29.8 Å². The van der Waals surface area contributed by atoms with Crippen LogP contribution in [0.3, 0.4) is 0 Å². The zero-order valence-corrected chi connectivity index (χ0v) is 6.91. The van der Waals surface area contributed by atoms with Gasteiger partial charge in [0.2, 0.25) is 0 Å². The molecule has 11 heavy (non-hydrogen) atoms. The SMILES string of the molecule is C=CC(O)c1ncc(Cl)n1C. The Morgan fingerprint density at radius 2 is 2.55 bits per heavy atom. The molecule has 4 heteroatoms. The van der Waals surface area contributed by atoms with Gasteiger partial charge < -0.3 is 9.67 Å². The van der Waals surface area contributed by atoms with Crippen molar-refractivity contribution < 1.29 is 5.11 Å². The van der Waals surface area contributed by atoms with Gasteiger partial charge in [-0.25, -0.2) is 4.98 Å². The molecule has 0 aliphatic heterocycles. The summed E-state index contributed by atoms with van der Waals surface area (Å²) in [5.74, 6) is 0.505. The van der Waals surface area contributed by atoms with E-state index in [0.717, 1.165) is 0 Å². The van der Waals surface area contributed by atoms with Crippen molar-refractivity contribution in [2.24, 2.45) is 7.05 Å². The lowest BCUT2D eigenvalue weighted by Crippen LogP contribution is -2.02. The molecule has 3 nitrogen and oxygen atoms in total. The van der Waals surface area contributed by atoms with Gasteiger partial charge in [0.25, 0.3) is 0 Å². The van der Waals surface area contributed by atoms with E-state index in [4.69, 9.17) is 11.6 Å². The van der Waals surface area contributed by atoms with E-state index in [0.29, 0.717) is 11.0 Å². The van der Waals surface area contributed by atoms with E-state index in [1.165, 1.54) is 12.3 Å². The minimum absolute atomic E-state index is 0.501. The predicted octanol–water partition coefficient (Wildman–Crippen LogP) is 1.29. The standard InChI is InChI=1S/C7H9ClN2O/c1-3-5(11)7-9-4-6(8)10(7)2/h3-5,11H,1H2,2H3. The van der Waals surface area contributed by atoms with Crippen LogP contribution in [0.15, 0.2) is 18.9 Å². The van der Waals surface area contributed by atoms with Gasteiger partial charge in [-0.3, -0.25) is 0 Å². The Morgan fingerprint density at radius 3 is 2.91 bits per heavy atom. The Kier molecular flexibility index (Phi) is 2.31. The van der Waals surface area contributed by atoms with Crippen molar-refractivity contribution in [1.82, 2.24) is 9.55 Å². The average Bonchev–Trinajstić information content (AvgIpc) is 2.32. The molecule has 1 heterocycles. The van der Waals surface area contributed by atoms with Crippen LogP contribution < -0.4 is 0 Å². The summed E-state index contributed by atoms with van der Waals surface area (Å²) < 4.78 is 1.61. The molecule has 1 N–H and O–H groups in total. The number of nitrogens with zero attached hydrogens (tertiary/aromatic N) is 2. The predicted molar refractivity (Wildman–Crippen MR) is 43.4 cm³/mol. The molecule has 0 spiro atoms. The minimum Gasteiger partial charge on any atom is -0.381 e. The second-order valence-corrected chi connectivity index (χ2v) is 2.57. The summed E-state index contributed by atoms with van der Waals surface area (Å²) in [6.45, 7) is 3.44. The van der Waals surface area contributed by atoms with E-state index in [2.05, 4.69) is 11.6 Å². The highest BCUT2D eigenvalue weighted by Gasteiger charge is 2.10. The number of rotatable bonds is 2. The average molecular weight is 173 g/mol. The molecule has 1 aromatic heterocycles. The fourth-order valence-electron chi connectivity index (χ4n) is 0.782. The molecule has 0 saturated heterocycles. The number of aliphatic hydroxyl groups excluding tert-OH is 1. The van der Waals surface area contributed by atoms with Crippen LogP contribution in [0.5, 0.6) is 0 Å². The normalized spacial score (nSPS) is 13.0. The zero-order valence-electron chi connectivity index (χ0n) is 6.16. The van der Waals surface area contributed by atoms with Crippen LogP contribution in [0.4, 0.5) is 0 Å². The first-order valence-electron chi connectivity index (χ1n) is 3.14. The number of aliphatic hydroxyl groups is 1. The Labute approximate surface area is 69.9 Å². The smallest absolute Gasteiger partial charge is 0.142 e. The molecule has 0 aliphatic carbocycles. The summed E-state index contributed by atoms with van der Waals surface area (Å²) in [5, 5.41) is 9.76. The van der Waals surface area contributed by atoms with E-state index >= 15 is 0 Å². The molecular weight excluding hydrogens is 164 g/mol. The number of hydrogen-bond acceptors (Lipinski definition) is 2. The van der Waals surface area contributed by atoms with Crippen LogP contribution in [0.1, 0.15) is 11.9 Å². The number of aromatic nitrogens is 2. The molecule has 0 aliphatic rings. The Morgan fingerprint density at radius 1 is 1.91 bits per heavy atom.